The van der Waals surface area contributed by atoms with E-state index in [0.29, 0.717) is 26.3 Å². The first-order chi connectivity index (χ1) is 12.0. The minimum absolute atomic E-state index is 0.175. The number of aliphatic hydroxyl groups excluding tert-OH is 1. The number of aliphatic hydroxyl groups is 1. The fraction of sp³-hybridized carbons (Fsp3) is 0.444. The van der Waals surface area contributed by atoms with Crippen molar-refractivity contribution in [2.75, 3.05) is 39.4 Å². The van der Waals surface area contributed by atoms with Gasteiger partial charge in [-0.05, 0) is 24.6 Å². The van der Waals surface area contributed by atoms with Crippen molar-refractivity contribution in [3.63, 3.8) is 0 Å². The maximum atomic E-state index is 12.6. The van der Waals surface area contributed by atoms with Crippen LogP contribution in [0.5, 0.6) is 0 Å². The smallest absolute Gasteiger partial charge is 0.290 e. The zero-order chi connectivity index (χ0) is 18.0. The summed E-state index contributed by atoms with van der Waals surface area (Å²) < 4.78 is 6.26. The standard InChI is InChI=1S/C18H21BrN2O4/c1-12(22)15-16(13-2-4-14(19)5-3-13)21(18(24)17(15)23)7-6-20-8-10-25-11-9-20/h2-5,16,23H,6-11H2,1H3/t16-/m0/s1. The molecule has 0 unspecified atom stereocenters. The van der Waals surface area contributed by atoms with E-state index in [-0.39, 0.29) is 11.4 Å². The van der Waals surface area contributed by atoms with Crippen LogP contribution in [0.1, 0.15) is 18.5 Å². The van der Waals surface area contributed by atoms with Gasteiger partial charge < -0.3 is 14.7 Å². The lowest BCUT2D eigenvalue weighted by atomic mass is 9.97. The molecule has 0 radical (unpaired) electrons. The van der Waals surface area contributed by atoms with Crippen LogP contribution in [-0.4, -0.2) is 66.0 Å². The number of benzene rings is 1. The van der Waals surface area contributed by atoms with Crippen LogP contribution in [0, 0.1) is 0 Å². The summed E-state index contributed by atoms with van der Waals surface area (Å²) in [6.07, 6.45) is 0. The molecule has 7 heteroatoms. The first-order valence-corrected chi connectivity index (χ1v) is 9.09. The van der Waals surface area contributed by atoms with Crippen molar-refractivity contribution in [2.24, 2.45) is 0 Å². The third kappa shape index (κ3) is 3.78. The summed E-state index contributed by atoms with van der Waals surface area (Å²) in [5.41, 5.74) is 0.988. The second-order valence-corrected chi connectivity index (χ2v) is 7.14. The van der Waals surface area contributed by atoms with Crippen molar-refractivity contribution in [3.8, 4) is 0 Å². The molecule has 1 fully saturated rings. The second kappa shape index (κ2) is 7.68. The number of hydrogen-bond donors (Lipinski definition) is 1. The van der Waals surface area contributed by atoms with Gasteiger partial charge in [-0.15, -0.1) is 0 Å². The Morgan fingerprint density at radius 2 is 1.88 bits per heavy atom. The molecule has 3 rings (SSSR count). The number of ketones is 1. The average molecular weight is 409 g/mol. The van der Waals surface area contributed by atoms with E-state index in [0.717, 1.165) is 23.1 Å². The first kappa shape index (κ1) is 18.1. The van der Waals surface area contributed by atoms with Crippen molar-refractivity contribution in [1.82, 2.24) is 9.80 Å². The van der Waals surface area contributed by atoms with Crippen LogP contribution in [0.2, 0.25) is 0 Å². The van der Waals surface area contributed by atoms with Crippen molar-refractivity contribution < 1.29 is 19.4 Å². The van der Waals surface area contributed by atoms with Crippen LogP contribution in [0.25, 0.3) is 0 Å². The summed E-state index contributed by atoms with van der Waals surface area (Å²) in [4.78, 5) is 28.4. The van der Waals surface area contributed by atoms with E-state index < -0.39 is 17.7 Å². The molecule has 0 aliphatic carbocycles. The highest BCUT2D eigenvalue weighted by Crippen LogP contribution is 2.37. The predicted molar refractivity (Wildman–Crippen MR) is 96.2 cm³/mol. The van der Waals surface area contributed by atoms with Gasteiger partial charge in [0.25, 0.3) is 5.91 Å². The van der Waals surface area contributed by atoms with Gasteiger partial charge in [0.15, 0.2) is 11.5 Å². The number of amides is 1. The van der Waals surface area contributed by atoms with Gasteiger partial charge in [-0.2, -0.15) is 0 Å². The molecule has 2 heterocycles. The van der Waals surface area contributed by atoms with E-state index in [1.807, 2.05) is 24.3 Å². The second-order valence-electron chi connectivity index (χ2n) is 6.23. The van der Waals surface area contributed by atoms with Crippen molar-refractivity contribution in [3.05, 3.63) is 45.6 Å². The van der Waals surface area contributed by atoms with Gasteiger partial charge in [0.2, 0.25) is 0 Å². The van der Waals surface area contributed by atoms with Crippen LogP contribution >= 0.6 is 15.9 Å². The van der Waals surface area contributed by atoms with Gasteiger partial charge in [-0.1, -0.05) is 28.1 Å². The summed E-state index contributed by atoms with van der Waals surface area (Å²) >= 11 is 3.39. The van der Waals surface area contributed by atoms with Crippen LogP contribution in [0.15, 0.2) is 40.1 Å². The van der Waals surface area contributed by atoms with Gasteiger partial charge in [-0.25, -0.2) is 0 Å². The van der Waals surface area contributed by atoms with Crippen LogP contribution in [0.4, 0.5) is 0 Å². The molecule has 0 spiro atoms. The Hall–Kier alpha value is -1.70. The third-order valence-corrected chi connectivity index (χ3v) is 5.16. The molecule has 1 saturated heterocycles. The van der Waals surface area contributed by atoms with E-state index in [1.54, 1.807) is 4.90 Å². The molecule has 134 valence electrons. The van der Waals surface area contributed by atoms with Gasteiger partial charge in [0.05, 0.1) is 24.8 Å². The summed E-state index contributed by atoms with van der Waals surface area (Å²) in [5.74, 6) is -1.19. The Balaban J connectivity index is 1.85. The highest BCUT2D eigenvalue weighted by Gasteiger charge is 2.42. The Kier molecular flexibility index (Phi) is 5.56. The fourth-order valence-electron chi connectivity index (χ4n) is 3.31. The largest absolute Gasteiger partial charge is 0.503 e. The van der Waals surface area contributed by atoms with E-state index in [9.17, 15) is 14.7 Å². The number of Topliss-reactive ketones (excluding diaryl/α,β-unsaturated/α-hetero) is 1. The monoisotopic (exact) mass is 408 g/mol. The number of rotatable bonds is 5. The highest BCUT2D eigenvalue weighted by molar-refractivity contribution is 9.10. The average Bonchev–Trinajstić information content (AvgIpc) is 2.86. The number of halogens is 1. The fourth-order valence-corrected chi connectivity index (χ4v) is 3.57. The summed E-state index contributed by atoms with van der Waals surface area (Å²) in [7, 11) is 0. The Bertz CT molecular complexity index is 696. The minimum Gasteiger partial charge on any atom is -0.503 e. The van der Waals surface area contributed by atoms with E-state index in [1.165, 1.54) is 6.92 Å². The quantitative estimate of drug-likeness (QED) is 0.807. The topological polar surface area (TPSA) is 70.1 Å². The zero-order valence-electron chi connectivity index (χ0n) is 14.1. The molecular formula is C18H21BrN2O4. The molecule has 1 aromatic rings. The molecule has 1 N–H and O–H groups in total. The van der Waals surface area contributed by atoms with Crippen LogP contribution in [0.3, 0.4) is 0 Å². The van der Waals surface area contributed by atoms with Crippen LogP contribution < -0.4 is 0 Å². The van der Waals surface area contributed by atoms with Gasteiger partial charge in [0.1, 0.15) is 0 Å². The van der Waals surface area contributed by atoms with Gasteiger partial charge in [-0.3, -0.25) is 14.5 Å². The Morgan fingerprint density at radius 3 is 2.48 bits per heavy atom. The number of ether oxygens (including phenoxy) is 1. The Labute approximate surface area is 155 Å². The maximum Gasteiger partial charge on any atom is 0.290 e. The third-order valence-electron chi connectivity index (χ3n) is 4.63. The van der Waals surface area contributed by atoms with Gasteiger partial charge >= 0.3 is 0 Å². The molecule has 0 aromatic heterocycles. The number of carbonyl (C=O) groups is 2. The molecule has 1 aromatic carbocycles. The van der Waals surface area contributed by atoms with Crippen molar-refractivity contribution >= 4 is 27.6 Å². The van der Waals surface area contributed by atoms with E-state index in [4.69, 9.17) is 4.74 Å². The van der Waals surface area contributed by atoms with Crippen molar-refractivity contribution in [2.45, 2.75) is 13.0 Å². The molecule has 2 aliphatic heterocycles. The molecule has 2 aliphatic rings. The van der Waals surface area contributed by atoms with E-state index >= 15 is 0 Å². The molecule has 1 amide bonds. The Morgan fingerprint density at radius 1 is 1.24 bits per heavy atom. The number of morpholine rings is 1. The molecule has 1 atom stereocenters. The SMILES string of the molecule is CC(=O)C1=C(O)C(=O)N(CCN2CCOCC2)[C@H]1c1ccc(Br)cc1. The lowest BCUT2D eigenvalue weighted by molar-refractivity contribution is -0.129. The van der Waals surface area contributed by atoms with Crippen molar-refractivity contribution in [1.29, 1.82) is 0 Å². The molecule has 0 bridgehead atoms. The summed E-state index contributed by atoms with van der Waals surface area (Å²) in [6.45, 7) is 5.53. The van der Waals surface area contributed by atoms with Gasteiger partial charge in [0, 0.05) is 30.7 Å². The molecule has 6 nitrogen and oxygen atoms in total. The number of nitrogens with zero attached hydrogens (tertiary/aromatic N) is 2. The van der Waals surface area contributed by atoms with Crippen LogP contribution in [-0.2, 0) is 14.3 Å². The molecule has 0 saturated carbocycles. The normalized spacial score (nSPS) is 21.9. The lowest BCUT2D eigenvalue weighted by Gasteiger charge is -2.31. The molecular weight excluding hydrogens is 388 g/mol. The highest BCUT2D eigenvalue weighted by atomic mass is 79.9. The minimum atomic E-state index is -0.542. The molecule has 25 heavy (non-hydrogen) atoms. The predicted octanol–water partition coefficient (Wildman–Crippen LogP) is 2.07. The first-order valence-electron chi connectivity index (χ1n) is 8.29. The zero-order valence-corrected chi connectivity index (χ0v) is 15.7. The maximum absolute atomic E-state index is 12.6. The summed E-state index contributed by atoms with van der Waals surface area (Å²) in [6, 6.07) is 6.93. The summed E-state index contributed by atoms with van der Waals surface area (Å²) in [5, 5.41) is 10.2. The number of carbonyl (C=O) groups excluding carboxylic acids is 2. The van der Waals surface area contributed by atoms with E-state index in [2.05, 4.69) is 20.8 Å². The lowest BCUT2D eigenvalue weighted by Crippen LogP contribution is -2.43. The number of hydrogen-bond acceptors (Lipinski definition) is 5.